The summed E-state index contributed by atoms with van der Waals surface area (Å²) in [6.07, 6.45) is 0.320. The first-order valence-electron chi connectivity index (χ1n) is 12.3. The number of nitrogens with one attached hydrogen (secondary N) is 1. The van der Waals surface area contributed by atoms with Crippen LogP contribution in [0, 0.1) is 6.92 Å². The predicted octanol–water partition coefficient (Wildman–Crippen LogP) is 6.20. The van der Waals surface area contributed by atoms with Gasteiger partial charge in [-0.3, -0.25) is 13.9 Å². The average Bonchev–Trinajstić information content (AvgIpc) is 2.89. The molecule has 3 aromatic rings. The Bertz CT molecular complexity index is 1430. The molecule has 208 valence electrons. The van der Waals surface area contributed by atoms with Crippen molar-refractivity contribution < 1.29 is 18.0 Å². The van der Waals surface area contributed by atoms with Gasteiger partial charge in [-0.1, -0.05) is 75.9 Å². The lowest BCUT2D eigenvalue weighted by Crippen LogP contribution is -2.52. The molecule has 0 saturated heterocycles. The van der Waals surface area contributed by atoms with Crippen molar-refractivity contribution in [2.75, 3.05) is 17.4 Å². The minimum Gasteiger partial charge on any atom is -0.355 e. The fourth-order valence-electron chi connectivity index (χ4n) is 4.04. The van der Waals surface area contributed by atoms with E-state index in [9.17, 15) is 18.0 Å². The molecule has 39 heavy (non-hydrogen) atoms. The number of benzene rings is 3. The summed E-state index contributed by atoms with van der Waals surface area (Å²) >= 11 is 15.7. The number of rotatable bonds is 11. The van der Waals surface area contributed by atoms with Crippen LogP contribution < -0.4 is 9.62 Å². The highest BCUT2D eigenvalue weighted by Gasteiger charge is 2.33. The number of anilines is 1. The van der Waals surface area contributed by atoms with Gasteiger partial charge in [0, 0.05) is 17.6 Å². The number of hydrogen-bond acceptors (Lipinski definition) is 4. The van der Waals surface area contributed by atoms with Crippen LogP contribution in [0.5, 0.6) is 0 Å². The summed E-state index contributed by atoms with van der Waals surface area (Å²) < 4.78 is 29.4. The van der Waals surface area contributed by atoms with E-state index in [-0.39, 0.29) is 17.3 Å². The van der Waals surface area contributed by atoms with Gasteiger partial charge >= 0.3 is 0 Å². The summed E-state index contributed by atoms with van der Waals surface area (Å²) in [4.78, 5) is 28.4. The highest BCUT2D eigenvalue weighted by atomic mass is 79.9. The zero-order valence-electron chi connectivity index (χ0n) is 21.8. The van der Waals surface area contributed by atoms with E-state index in [4.69, 9.17) is 23.2 Å². The number of amides is 2. The number of carbonyl (C=O) groups is 2. The van der Waals surface area contributed by atoms with Crippen LogP contribution >= 0.6 is 39.1 Å². The number of carbonyl (C=O) groups excluding carboxylic acids is 2. The Morgan fingerprint density at radius 1 is 0.974 bits per heavy atom. The second-order valence-corrected chi connectivity index (χ2v) is 12.5. The number of sulfonamides is 1. The normalized spacial score (nSPS) is 12.1. The zero-order valence-corrected chi connectivity index (χ0v) is 25.7. The van der Waals surface area contributed by atoms with E-state index < -0.39 is 28.5 Å². The molecule has 0 fully saturated rings. The van der Waals surface area contributed by atoms with E-state index >= 15 is 0 Å². The second-order valence-electron chi connectivity index (χ2n) is 8.89. The Hall–Kier alpha value is -2.59. The third-order valence-electron chi connectivity index (χ3n) is 6.06. The SMILES string of the molecule is CCNC(=O)C(CC)N(Cc1ccc(Cl)c(Cl)c1)C(=O)CN(c1cccc(Br)c1)S(=O)(=O)c1ccc(C)cc1. The lowest BCUT2D eigenvalue weighted by atomic mass is 10.1. The summed E-state index contributed by atoms with van der Waals surface area (Å²) in [6, 6.07) is 17.3. The van der Waals surface area contributed by atoms with E-state index in [0.717, 1.165) is 9.87 Å². The maximum absolute atomic E-state index is 14.0. The Balaban J connectivity index is 2.07. The van der Waals surface area contributed by atoms with Gasteiger partial charge in [-0.05, 0) is 68.3 Å². The minimum absolute atomic E-state index is 0.0300. The smallest absolute Gasteiger partial charge is 0.264 e. The first-order chi connectivity index (χ1) is 18.5. The van der Waals surface area contributed by atoms with E-state index in [0.29, 0.717) is 38.7 Å². The van der Waals surface area contributed by atoms with Gasteiger partial charge in [0.05, 0.1) is 20.6 Å². The first kappa shape index (κ1) is 30.9. The molecule has 3 aromatic carbocycles. The van der Waals surface area contributed by atoms with Crippen LogP contribution in [0.15, 0.2) is 76.1 Å². The van der Waals surface area contributed by atoms with Gasteiger partial charge in [0.25, 0.3) is 10.0 Å². The predicted molar refractivity (Wildman–Crippen MR) is 160 cm³/mol. The fraction of sp³-hybridized carbons (Fsp3) is 0.286. The summed E-state index contributed by atoms with van der Waals surface area (Å²) in [5.74, 6) is -0.876. The number of aryl methyl sites for hydroxylation is 1. The Kier molecular flexibility index (Phi) is 10.8. The molecule has 0 aliphatic heterocycles. The molecule has 3 rings (SSSR count). The third-order valence-corrected chi connectivity index (χ3v) is 9.08. The van der Waals surface area contributed by atoms with E-state index in [1.807, 2.05) is 6.92 Å². The zero-order chi connectivity index (χ0) is 28.7. The Morgan fingerprint density at radius 3 is 2.26 bits per heavy atom. The van der Waals surface area contributed by atoms with Gasteiger partial charge in [-0.25, -0.2) is 8.42 Å². The van der Waals surface area contributed by atoms with Crippen LogP contribution in [-0.2, 0) is 26.2 Å². The van der Waals surface area contributed by atoms with Crippen molar-refractivity contribution in [1.29, 1.82) is 0 Å². The molecule has 0 radical (unpaired) electrons. The number of likely N-dealkylation sites (N-methyl/N-ethyl adjacent to an activating group) is 1. The largest absolute Gasteiger partial charge is 0.355 e. The Labute approximate surface area is 248 Å². The Morgan fingerprint density at radius 2 is 1.67 bits per heavy atom. The fourth-order valence-corrected chi connectivity index (χ4v) is 6.16. The van der Waals surface area contributed by atoms with Crippen LogP contribution in [0.3, 0.4) is 0 Å². The third kappa shape index (κ3) is 7.75. The molecule has 7 nitrogen and oxygen atoms in total. The average molecular weight is 655 g/mol. The second kappa shape index (κ2) is 13.7. The quantitative estimate of drug-likeness (QED) is 0.267. The van der Waals surface area contributed by atoms with Crippen LogP contribution in [0.2, 0.25) is 10.0 Å². The van der Waals surface area contributed by atoms with Gasteiger partial charge in [-0.15, -0.1) is 0 Å². The molecule has 0 bridgehead atoms. The molecule has 0 spiro atoms. The van der Waals surface area contributed by atoms with Crippen molar-refractivity contribution in [3.8, 4) is 0 Å². The van der Waals surface area contributed by atoms with Crippen molar-refractivity contribution in [1.82, 2.24) is 10.2 Å². The number of nitrogens with zero attached hydrogens (tertiary/aromatic N) is 2. The molecule has 1 atom stereocenters. The topological polar surface area (TPSA) is 86.8 Å². The van der Waals surface area contributed by atoms with Gasteiger partial charge in [0.1, 0.15) is 12.6 Å². The molecule has 1 unspecified atom stereocenters. The van der Waals surface area contributed by atoms with Crippen molar-refractivity contribution in [3.63, 3.8) is 0 Å². The summed E-state index contributed by atoms with van der Waals surface area (Å²) in [5, 5.41) is 3.44. The highest BCUT2D eigenvalue weighted by Crippen LogP contribution is 2.28. The lowest BCUT2D eigenvalue weighted by Gasteiger charge is -2.33. The minimum atomic E-state index is -4.14. The van der Waals surface area contributed by atoms with E-state index in [1.54, 1.807) is 68.4 Å². The van der Waals surface area contributed by atoms with Crippen LogP contribution in [0.25, 0.3) is 0 Å². The monoisotopic (exact) mass is 653 g/mol. The molecular formula is C28H30BrCl2N3O4S. The molecule has 0 aliphatic carbocycles. The number of halogens is 3. The highest BCUT2D eigenvalue weighted by molar-refractivity contribution is 9.10. The van der Waals surface area contributed by atoms with Gasteiger partial charge in [0.15, 0.2) is 0 Å². The van der Waals surface area contributed by atoms with E-state index in [2.05, 4.69) is 21.2 Å². The van der Waals surface area contributed by atoms with Crippen LogP contribution in [0.1, 0.15) is 31.4 Å². The van der Waals surface area contributed by atoms with Crippen molar-refractivity contribution in [3.05, 3.63) is 92.4 Å². The van der Waals surface area contributed by atoms with E-state index in [1.165, 1.54) is 17.0 Å². The molecule has 0 saturated carbocycles. The van der Waals surface area contributed by atoms with Gasteiger partial charge in [0.2, 0.25) is 11.8 Å². The van der Waals surface area contributed by atoms with Crippen molar-refractivity contribution >= 4 is 66.7 Å². The van der Waals surface area contributed by atoms with Crippen molar-refractivity contribution in [2.45, 2.75) is 44.7 Å². The maximum Gasteiger partial charge on any atom is 0.264 e. The summed E-state index contributed by atoms with van der Waals surface area (Å²) in [7, 11) is -4.14. The first-order valence-corrected chi connectivity index (χ1v) is 15.3. The molecule has 2 amide bonds. The molecule has 0 heterocycles. The van der Waals surface area contributed by atoms with Crippen LogP contribution in [-0.4, -0.2) is 44.3 Å². The summed E-state index contributed by atoms with van der Waals surface area (Å²) in [5.41, 5.74) is 1.86. The van der Waals surface area contributed by atoms with Gasteiger partial charge in [-0.2, -0.15) is 0 Å². The van der Waals surface area contributed by atoms with Crippen molar-refractivity contribution in [2.24, 2.45) is 0 Å². The van der Waals surface area contributed by atoms with Crippen LogP contribution in [0.4, 0.5) is 5.69 Å². The molecular weight excluding hydrogens is 625 g/mol. The van der Waals surface area contributed by atoms with Gasteiger partial charge < -0.3 is 10.2 Å². The number of hydrogen-bond donors (Lipinski definition) is 1. The molecule has 11 heteroatoms. The maximum atomic E-state index is 14.0. The summed E-state index contributed by atoms with van der Waals surface area (Å²) in [6.45, 7) is 5.34. The molecule has 1 N–H and O–H groups in total. The lowest BCUT2D eigenvalue weighted by molar-refractivity contribution is -0.140. The standard InChI is InChI=1S/C28H30BrCl2N3O4S/c1-4-26(28(36)32-5-2)33(17-20-11-14-24(30)25(31)15-20)27(35)18-34(22-8-6-7-21(29)16-22)39(37,38)23-12-9-19(3)10-13-23/h6-16,26H,4-5,17-18H2,1-3H3,(H,32,36). The molecule has 0 aliphatic rings. The molecule has 0 aromatic heterocycles.